The van der Waals surface area contributed by atoms with E-state index < -0.39 is 5.97 Å². The van der Waals surface area contributed by atoms with Gasteiger partial charge in [0.1, 0.15) is 17.2 Å². The molecule has 0 aliphatic rings. The number of benzene rings is 1. The van der Waals surface area contributed by atoms with Gasteiger partial charge < -0.3 is 10.0 Å². The molecule has 1 aromatic carbocycles. The molecular weight excluding hydrogens is 273 g/mol. The predicted molar refractivity (Wildman–Crippen MR) is 77.9 cm³/mol. The summed E-state index contributed by atoms with van der Waals surface area (Å²) in [4.78, 5) is 21.4. The number of aromatic carboxylic acids is 1. The number of halogens is 1. The van der Waals surface area contributed by atoms with E-state index in [0.29, 0.717) is 17.2 Å². The zero-order valence-corrected chi connectivity index (χ0v) is 12.0. The van der Waals surface area contributed by atoms with E-state index in [1.54, 1.807) is 24.1 Å². The Balaban J connectivity index is 2.53. The highest BCUT2D eigenvalue weighted by Crippen LogP contribution is 2.23. The summed E-state index contributed by atoms with van der Waals surface area (Å²) < 4.78 is 13.0. The maximum atomic E-state index is 13.0. The minimum absolute atomic E-state index is 0.0389. The number of carboxylic acid groups (broad SMARTS) is 1. The second-order valence-electron chi connectivity index (χ2n) is 4.95. The van der Waals surface area contributed by atoms with Crippen molar-refractivity contribution < 1.29 is 14.3 Å². The number of hydrogen-bond donors (Lipinski definition) is 1. The van der Waals surface area contributed by atoms with Crippen LogP contribution in [0.25, 0.3) is 11.4 Å². The van der Waals surface area contributed by atoms with E-state index in [1.165, 1.54) is 18.3 Å². The Labute approximate surface area is 122 Å². The molecule has 0 amide bonds. The van der Waals surface area contributed by atoms with Crippen LogP contribution < -0.4 is 4.90 Å². The highest BCUT2D eigenvalue weighted by atomic mass is 19.1. The summed E-state index contributed by atoms with van der Waals surface area (Å²) in [6, 6.07) is 5.83. The number of rotatable bonds is 4. The third-order valence-electron chi connectivity index (χ3n) is 3.21. The molecule has 0 spiro atoms. The Morgan fingerprint density at radius 3 is 2.43 bits per heavy atom. The second-order valence-corrected chi connectivity index (χ2v) is 4.95. The van der Waals surface area contributed by atoms with Gasteiger partial charge in [0.25, 0.3) is 0 Å². The van der Waals surface area contributed by atoms with Crippen molar-refractivity contribution in [1.82, 2.24) is 9.97 Å². The largest absolute Gasteiger partial charge is 0.477 e. The Morgan fingerprint density at radius 2 is 1.90 bits per heavy atom. The summed E-state index contributed by atoms with van der Waals surface area (Å²) in [5.74, 6) is -0.724. The number of anilines is 1. The summed E-state index contributed by atoms with van der Waals surface area (Å²) in [5.41, 5.74) is 0.670. The van der Waals surface area contributed by atoms with Crippen molar-refractivity contribution in [3.63, 3.8) is 0 Å². The molecule has 0 fully saturated rings. The van der Waals surface area contributed by atoms with Crippen molar-refractivity contribution in [2.45, 2.75) is 19.9 Å². The van der Waals surface area contributed by atoms with Crippen LogP contribution in [0, 0.1) is 5.82 Å². The topological polar surface area (TPSA) is 66.3 Å². The molecular formula is C15H16FN3O2. The van der Waals surface area contributed by atoms with Crippen LogP contribution >= 0.6 is 0 Å². The van der Waals surface area contributed by atoms with Crippen LogP contribution in [0.15, 0.2) is 30.5 Å². The summed E-state index contributed by atoms with van der Waals surface area (Å²) in [7, 11) is 1.77. The average molecular weight is 289 g/mol. The summed E-state index contributed by atoms with van der Waals surface area (Å²) >= 11 is 0. The van der Waals surface area contributed by atoms with Gasteiger partial charge in [0.15, 0.2) is 5.82 Å². The molecule has 0 bridgehead atoms. The first-order chi connectivity index (χ1) is 9.90. The molecule has 6 heteroatoms. The Bertz CT molecular complexity index is 656. The molecule has 0 saturated carbocycles. The van der Waals surface area contributed by atoms with Crippen LogP contribution in [0.5, 0.6) is 0 Å². The quantitative estimate of drug-likeness (QED) is 0.937. The molecule has 110 valence electrons. The van der Waals surface area contributed by atoms with Gasteiger partial charge in [-0.25, -0.2) is 19.2 Å². The lowest BCUT2D eigenvalue weighted by molar-refractivity contribution is 0.0696. The van der Waals surface area contributed by atoms with Crippen LogP contribution in [-0.2, 0) is 0 Å². The van der Waals surface area contributed by atoms with Crippen molar-refractivity contribution in [2.75, 3.05) is 11.9 Å². The molecule has 0 aliphatic heterocycles. The van der Waals surface area contributed by atoms with E-state index in [2.05, 4.69) is 9.97 Å². The molecule has 0 saturated heterocycles. The molecule has 1 N–H and O–H groups in total. The van der Waals surface area contributed by atoms with Crippen molar-refractivity contribution >= 4 is 11.8 Å². The first-order valence-electron chi connectivity index (χ1n) is 6.49. The Hall–Kier alpha value is -2.50. The molecule has 1 heterocycles. The molecule has 0 aliphatic carbocycles. The lowest BCUT2D eigenvalue weighted by Gasteiger charge is -2.24. The van der Waals surface area contributed by atoms with Gasteiger partial charge in [-0.1, -0.05) is 0 Å². The highest BCUT2D eigenvalue weighted by molar-refractivity contribution is 5.93. The average Bonchev–Trinajstić information content (AvgIpc) is 2.46. The van der Waals surface area contributed by atoms with E-state index in [1.807, 2.05) is 13.8 Å². The van der Waals surface area contributed by atoms with Gasteiger partial charge in [-0.05, 0) is 38.1 Å². The molecule has 0 atom stereocenters. The zero-order chi connectivity index (χ0) is 15.6. The van der Waals surface area contributed by atoms with Gasteiger partial charge in [0.2, 0.25) is 0 Å². The molecule has 0 unspecified atom stereocenters. The molecule has 0 radical (unpaired) electrons. The van der Waals surface area contributed by atoms with Crippen LogP contribution in [0.2, 0.25) is 0 Å². The predicted octanol–water partition coefficient (Wildman–Crippen LogP) is 2.83. The van der Waals surface area contributed by atoms with Crippen molar-refractivity contribution in [2.24, 2.45) is 0 Å². The maximum Gasteiger partial charge on any atom is 0.341 e. The molecule has 21 heavy (non-hydrogen) atoms. The minimum atomic E-state index is -1.08. The Kier molecular flexibility index (Phi) is 4.16. The van der Waals surface area contributed by atoms with Crippen molar-refractivity contribution in [3.05, 3.63) is 41.8 Å². The molecule has 2 rings (SSSR count). The van der Waals surface area contributed by atoms with Gasteiger partial charge in [0, 0.05) is 24.8 Å². The zero-order valence-electron chi connectivity index (χ0n) is 12.0. The number of carbonyl (C=O) groups is 1. The fourth-order valence-electron chi connectivity index (χ4n) is 1.78. The Morgan fingerprint density at radius 1 is 1.29 bits per heavy atom. The molecule has 1 aromatic heterocycles. The fourth-order valence-corrected chi connectivity index (χ4v) is 1.78. The fraction of sp³-hybridized carbons (Fsp3) is 0.267. The van der Waals surface area contributed by atoms with Crippen LogP contribution in [0.3, 0.4) is 0 Å². The van der Waals surface area contributed by atoms with Gasteiger partial charge in [-0.15, -0.1) is 0 Å². The monoisotopic (exact) mass is 289 g/mol. The number of aromatic nitrogens is 2. The molecule has 5 nitrogen and oxygen atoms in total. The number of carboxylic acids is 1. The van der Waals surface area contributed by atoms with Gasteiger partial charge in [0.05, 0.1) is 0 Å². The van der Waals surface area contributed by atoms with E-state index in [0.717, 1.165) is 0 Å². The summed E-state index contributed by atoms with van der Waals surface area (Å²) in [5, 5.41) is 9.24. The number of hydrogen-bond acceptors (Lipinski definition) is 4. The summed E-state index contributed by atoms with van der Waals surface area (Å²) in [6.45, 7) is 3.87. The van der Waals surface area contributed by atoms with E-state index in [9.17, 15) is 14.3 Å². The van der Waals surface area contributed by atoms with Crippen LogP contribution in [-0.4, -0.2) is 34.1 Å². The first kappa shape index (κ1) is 14.9. The van der Waals surface area contributed by atoms with Crippen molar-refractivity contribution in [1.29, 1.82) is 0 Å². The van der Waals surface area contributed by atoms with Gasteiger partial charge >= 0.3 is 5.97 Å². The SMILES string of the molecule is CC(C)N(C)c1nc(-c2ccc(F)cc2)ncc1C(=O)O. The second kappa shape index (κ2) is 5.87. The van der Waals surface area contributed by atoms with Crippen LogP contribution in [0.1, 0.15) is 24.2 Å². The highest BCUT2D eigenvalue weighted by Gasteiger charge is 2.19. The maximum absolute atomic E-state index is 13.0. The molecule has 2 aromatic rings. The van der Waals surface area contributed by atoms with Crippen LogP contribution in [0.4, 0.5) is 10.2 Å². The first-order valence-corrected chi connectivity index (χ1v) is 6.49. The van der Waals surface area contributed by atoms with Gasteiger partial charge in [-0.2, -0.15) is 0 Å². The standard InChI is InChI=1S/C15H16FN3O2/c1-9(2)19(3)14-12(15(20)21)8-17-13(18-14)10-4-6-11(16)7-5-10/h4-9H,1-3H3,(H,20,21). The summed E-state index contributed by atoms with van der Waals surface area (Å²) in [6.07, 6.45) is 1.28. The van der Waals surface area contributed by atoms with Crippen molar-refractivity contribution in [3.8, 4) is 11.4 Å². The lowest BCUT2D eigenvalue weighted by Crippen LogP contribution is -2.28. The van der Waals surface area contributed by atoms with E-state index in [4.69, 9.17) is 0 Å². The normalized spacial score (nSPS) is 10.7. The van der Waals surface area contributed by atoms with E-state index in [-0.39, 0.29) is 17.4 Å². The van der Waals surface area contributed by atoms with E-state index >= 15 is 0 Å². The smallest absolute Gasteiger partial charge is 0.341 e. The number of nitrogens with zero attached hydrogens (tertiary/aromatic N) is 3. The minimum Gasteiger partial charge on any atom is -0.477 e. The lowest BCUT2D eigenvalue weighted by atomic mass is 10.2. The third-order valence-corrected chi connectivity index (χ3v) is 3.21. The third kappa shape index (κ3) is 3.16. The van der Waals surface area contributed by atoms with Gasteiger partial charge in [-0.3, -0.25) is 0 Å².